The average molecular weight is 319 g/mol. The second kappa shape index (κ2) is 7.04. The average Bonchev–Trinajstić information content (AvgIpc) is 2.88. The fourth-order valence-electron chi connectivity index (χ4n) is 2.95. The third-order valence-electron chi connectivity index (χ3n) is 3.96. The van der Waals surface area contributed by atoms with Gasteiger partial charge in [-0.15, -0.1) is 0 Å². The van der Waals surface area contributed by atoms with Gasteiger partial charge in [-0.25, -0.2) is 8.42 Å². The maximum absolute atomic E-state index is 12.3. The normalized spacial score (nSPS) is 26.7. The molecule has 0 aromatic heterocycles. The summed E-state index contributed by atoms with van der Waals surface area (Å²) in [6.07, 6.45) is 2.50. The number of carbonyl (C=O) groups excluding carboxylic acids is 1. The van der Waals surface area contributed by atoms with E-state index in [1.807, 2.05) is 6.92 Å². The second-order valence-corrected chi connectivity index (χ2v) is 7.79. The van der Waals surface area contributed by atoms with Gasteiger partial charge in [-0.3, -0.25) is 9.69 Å². The highest BCUT2D eigenvalue weighted by atomic mass is 32.2. The minimum atomic E-state index is -3.31. The molecule has 2 atom stereocenters. The van der Waals surface area contributed by atoms with Gasteiger partial charge >= 0.3 is 0 Å². The standard InChI is InChI=1S/C13H25N3O4S/c1-11(10-15-6-8-20-9-7-15)14-13(17)12-4-3-5-16(12)21(2,18)19/h11-12H,3-10H2,1-2H3,(H,14,17)/t11-,12+/m0/s1. The summed E-state index contributed by atoms with van der Waals surface area (Å²) < 4.78 is 30.0. The molecular formula is C13H25N3O4S. The van der Waals surface area contributed by atoms with Crippen molar-refractivity contribution in [2.24, 2.45) is 0 Å². The Bertz CT molecular complexity index is 462. The number of hydrogen-bond donors (Lipinski definition) is 1. The molecule has 0 aromatic carbocycles. The van der Waals surface area contributed by atoms with E-state index in [1.54, 1.807) is 0 Å². The second-order valence-electron chi connectivity index (χ2n) is 5.85. The Labute approximate surface area is 126 Å². The van der Waals surface area contributed by atoms with Crippen molar-refractivity contribution in [3.8, 4) is 0 Å². The van der Waals surface area contributed by atoms with Crippen molar-refractivity contribution < 1.29 is 17.9 Å². The number of amides is 1. The van der Waals surface area contributed by atoms with Crippen molar-refractivity contribution in [2.45, 2.75) is 31.8 Å². The molecule has 2 fully saturated rings. The molecular weight excluding hydrogens is 294 g/mol. The van der Waals surface area contributed by atoms with Gasteiger partial charge in [0.25, 0.3) is 0 Å². The molecule has 2 saturated heterocycles. The highest BCUT2D eigenvalue weighted by molar-refractivity contribution is 7.88. The first kappa shape index (κ1) is 16.7. The largest absolute Gasteiger partial charge is 0.379 e. The summed E-state index contributed by atoms with van der Waals surface area (Å²) in [6, 6.07) is -0.551. The molecule has 2 rings (SSSR count). The predicted octanol–water partition coefficient (Wildman–Crippen LogP) is -0.753. The van der Waals surface area contributed by atoms with E-state index in [0.29, 0.717) is 13.0 Å². The molecule has 0 aliphatic carbocycles. The van der Waals surface area contributed by atoms with E-state index in [0.717, 1.165) is 45.5 Å². The van der Waals surface area contributed by atoms with E-state index in [2.05, 4.69) is 10.2 Å². The van der Waals surface area contributed by atoms with Gasteiger partial charge < -0.3 is 10.1 Å². The lowest BCUT2D eigenvalue weighted by molar-refractivity contribution is -0.125. The maximum Gasteiger partial charge on any atom is 0.238 e. The lowest BCUT2D eigenvalue weighted by Crippen LogP contribution is -2.51. The van der Waals surface area contributed by atoms with Crippen LogP contribution in [0.15, 0.2) is 0 Å². The van der Waals surface area contributed by atoms with Crippen LogP contribution in [0.4, 0.5) is 0 Å². The van der Waals surface area contributed by atoms with Crippen LogP contribution in [-0.2, 0) is 19.6 Å². The van der Waals surface area contributed by atoms with Crippen molar-refractivity contribution in [2.75, 3.05) is 45.6 Å². The topological polar surface area (TPSA) is 79.0 Å². The van der Waals surface area contributed by atoms with Crippen molar-refractivity contribution in [3.63, 3.8) is 0 Å². The van der Waals surface area contributed by atoms with Gasteiger partial charge in [0.2, 0.25) is 15.9 Å². The Morgan fingerprint density at radius 2 is 2.00 bits per heavy atom. The minimum absolute atomic E-state index is 0.00221. The third-order valence-corrected chi connectivity index (χ3v) is 5.25. The number of nitrogens with zero attached hydrogens (tertiary/aromatic N) is 2. The van der Waals surface area contributed by atoms with Gasteiger partial charge in [0, 0.05) is 32.2 Å². The van der Waals surface area contributed by atoms with Crippen LogP contribution in [0, 0.1) is 0 Å². The molecule has 2 heterocycles. The van der Waals surface area contributed by atoms with Gasteiger partial charge in [-0.1, -0.05) is 0 Å². The van der Waals surface area contributed by atoms with Crippen molar-refractivity contribution in [1.82, 2.24) is 14.5 Å². The highest BCUT2D eigenvalue weighted by Gasteiger charge is 2.36. The van der Waals surface area contributed by atoms with Crippen LogP contribution >= 0.6 is 0 Å². The molecule has 1 N–H and O–H groups in total. The molecule has 0 unspecified atom stereocenters. The Hall–Kier alpha value is -0.700. The quantitative estimate of drug-likeness (QED) is 0.721. The molecule has 0 bridgehead atoms. The molecule has 2 aliphatic heterocycles. The Kier molecular flexibility index (Phi) is 5.59. The van der Waals surface area contributed by atoms with Crippen LogP contribution in [0.1, 0.15) is 19.8 Å². The first-order valence-corrected chi connectivity index (χ1v) is 9.30. The minimum Gasteiger partial charge on any atom is -0.379 e. The third kappa shape index (κ3) is 4.64. The molecule has 8 heteroatoms. The van der Waals surface area contributed by atoms with E-state index in [1.165, 1.54) is 4.31 Å². The van der Waals surface area contributed by atoms with E-state index >= 15 is 0 Å². The van der Waals surface area contributed by atoms with Crippen LogP contribution in [0.5, 0.6) is 0 Å². The monoisotopic (exact) mass is 319 g/mol. The molecule has 0 aromatic rings. The molecule has 0 spiro atoms. The number of rotatable bonds is 5. The zero-order valence-electron chi connectivity index (χ0n) is 12.7. The van der Waals surface area contributed by atoms with Crippen molar-refractivity contribution >= 4 is 15.9 Å². The number of carbonyl (C=O) groups is 1. The molecule has 2 aliphatic rings. The van der Waals surface area contributed by atoms with E-state index in [9.17, 15) is 13.2 Å². The first-order valence-electron chi connectivity index (χ1n) is 7.45. The lowest BCUT2D eigenvalue weighted by Gasteiger charge is -2.30. The SMILES string of the molecule is C[C@@H](CN1CCOCC1)NC(=O)[C@H]1CCCN1S(C)(=O)=O. The highest BCUT2D eigenvalue weighted by Crippen LogP contribution is 2.20. The molecule has 1 amide bonds. The Morgan fingerprint density at radius 3 is 2.62 bits per heavy atom. The number of nitrogens with one attached hydrogen (secondary N) is 1. The number of ether oxygens (including phenoxy) is 1. The fraction of sp³-hybridized carbons (Fsp3) is 0.923. The lowest BCUT2D eigenvalue weighted by atomic mass is 10.2. The fourth-order valence-corrected chi connectivity index (χ4v) is 4.08. The zero-order chi connectivity index (χ0) is 15.5. The van der Waals surface area contributed by atoms with Crippen molar-refractivity contribution in [1.29, 1.82) is 0 Å². The summed E-state index contributed by atoms with van der Waals surface area (Å²) in [6.45, 7) is 6.36. The summed E-state index contributed by atoms with van der Waals surface area (Å²) in [7, 11) is -3.31. The van der Waals surface area contributed by atoms with E-state index in [-0.39, 0.29) is 11.9 Å². The van der Waals surface area contributed by atoms with Gasteiger partial charge in [0.05, 0.1) is 19.5 Å². The van der Waals surface area contributed by atoms with E-state index < -0.39 is 16.1 Å². The van der Waals surface area contributed by atoms with Gasteiger partial charge in [0.15, 0.2) is 0 Å². The van der Waals surface area contributed by atoms with Crippen LogP contribution in [-0.4, -0.2) is 81.3 Å². The zero-order valence-corrected chi connectivity index (χ0v) is 13.6. The number of morpholine rings is 1. The van der Waals surface area contributed by atoms with Crippen LogP contribution in [0.2, 0.25) is 0 Å². The summed E-state index contributed by atoms with van der Waals surface area (Å²) in [4.78, 5) is 14.5. The number of sulfonamides is 1. The summed E-state index contributed by atoms with van der Waals surface area (Å²) in [5, 5.41) is 2.94. The molecule has 7 nitrogen and oxygen atoms in total. The van der Waals surface area contributed by atoms with Crippen LogP contribution in [0.25, 0.3) is 0 Å². The predicted molar refractivity (Wildman–Crippen MR) is 79.4 cm³/mol. The van der Waals surface area contributed by atoms with Gasteiger partial charge in [0.1, 0.15) is 6.04 Å². The molecule has 0 radical (unpaired) electrons. The molecule has 21 heavy (non-hydrogen) atoms. The van der Waals surface area contributed by atoms with Crippen LogP contribution in [0.3, 0.4) is 0 Å². The Morgan fingerprint density at radius 1 is 1.33 bits per heavy atom. The number of hydrogen-bond acceptors (Lipinski definition) is 5. The molecule has 122 valence electrons. The summed E-state index contributed by atoms with van der Waals surface area (Å²) in [5.74, 6) is -0.182. The smallest absolute Gasteiger partial charge is 0.238 e. The summed E-state index contributed by atoms with van der Waals surface area (Å²) in [5.41, 5.74) is 0. The summed E-state index contributed by atoms with van der Waals surface area (Å²) >= 11 is 0. The van der Waals surface area contributed by atoms with Crippen LogP contribution < -0.4 is 5.32 Å². The first-order chi connectivity index (χ1) is 9.88. The van der Waals surface area contributed by atoms with Gasteiger partial charge in [-0.05, 0) is 19.8 Å². The maximum atomic E-state index is 12.3. The van der Waals surface area contributed by atoms with E-state index in [4.69, 9.17) is 4.74 Å². The Balaban J connectivity index is 1.85. The van der Waals surface area contributed by atoms with Crippen molar-refractivity contribution in [3.05, 3.63) is 0 Å². The molecule has 0 saturated carbocycles. The van der Waals surface area contributed by atoms with Gasteiger partial charge in [-0.2, -0.15) is 4.31 Å².